The third kappa shape index (κ3) is 6.37. The number of unbranched alkanes of at least 4 members (excludes halogenated alkanes) is 2. The van der Waals surface area contributed by atoms with Crippen molar-refractivity contribution in [3.63, 3.8) is 0 Å². The third-order valence-electron chi connectivity index (χ3n) is 6.07. The highest BCUT2D eigenvalue weighted by atomic mass is 15.1. The van der Waals surface area contributed by atoms with Gasteiger partial charge in [0.2, 0.25) is 0 Å². The highest BCUT2D eigenvalue weighted by Crippen LogP contribution is 2.39. The molecule has 0 radical (unpaired) electrons. The van der Waals surface area contributed by atoms with Crippen LogP contribution in [0.5, 0.6) is 0 Å². The van der Waals surface area contributed by atoms with Crippen LogP contribution in [0, 0.1) is 17.9 Å². The van der Waals surface area contributed by atoms with Gasteiger partial charge in [-0.2, -0.15) is 0 Å². The second-order valence-corrected chi connectivity index (χ2v) is 8.50. The summed E-state index contributed by atoms with van der Waals surface area (Å²) in [4.78, 5) is 5.96. The van der Waals surface area contributed by atoms with E-state index in [4.69, 9.17) is 6.57 Å². The molecule has 0 heterocycles. The standard InChI is InChI=1S/C31H33N3/c1-4-6-21-34(22-7-5-2)28-19-17-25(18-20-28)13-9-8-10-15-27-23-26-14-11-12-16-29(26)31(27)30(24-32)33-3/h8-20H,4-7,21-23H2,1-2H3/b10-8+,13-9+,27-15+,31-30+. The van der Waals surface area contributed by atoms with Gasteiger partial charge >= 0.3 is 0 Å². The molecule has 0 bridgehead atoms. The summed E-state index contributed by atoms with van der Waals surface area (Å²) in [5.41, 5.74) is 6.57. The van der Waals surface area contributed by atoms with Gasteiger partial charge in [0.05, 0.1) is 12.6 Å². The van der Waals surface area contributed by atoms with Crippen molar-refractivity contribution >= 4 is 17.3 Å². The number of hydrogen-bond donors (Lipinski definition) is 0. The molecule has 0 unspecified atom stereocenters. The van der Waals surface area contributed by atoms with Gasteiger partial charge in [-0.1, -0.05) is 93.5 Å². The van der Waals surface area contributed by atoms with E-state index in [9.17, 15) is 5.26 Å². The highest BCUT2D eigenvalue weighted by molar-refractivity contribution is 5.90. The van der Waals surface area contributed by atoms with Crippen LogP contribution in [0.1, 0.15) is 56.2 Å². The van der Waals surface area contributed by atoms with Crippen molar-refractivity contribution in [2.24, 2.45) is 0 Å². The Morgan fingerprint density at radius 2 is 1.71 bits per heavy atom. The number of anilines is 1. The van der Waals surface area contributed by atoms with E-state index in [1.54, 1.807) is 0 Å². The normalized spacial score (nSPS) is 15.5. The van der Waals surface area contributed by atoms with Gasteiger partial charge in [0.25, 0.3) is 5.70 Å². The summed E-state index contributed by atoms with van der Waals surface area (Å²) in [6, 6.07) is 18.9. The van der Waals surface area contributed by atoms with Crippen LogP contribution >= 0.6 is 0 Å². The summed E-state index contributed by atoms with van der Waals surface area (Å²) in [5.74, 6) is 0. The van der Waals surface area contributed by atoms with Crippen LogP contribution in [0.3, 0.4) is 0 Å². The van der Waals surface area contributed by atoms with E-state index in [0.717, 1.165) is 41.8 Å². The van der Waals surface area contributed by atoms with Gasteiger partial charge in [-0.05, 0) is 53.7 Å². The summed E-state index contributed by atoms with van der Waals surface area (Å²) in [6.45, 7) is 14.1. The smallest absolute Gasteiger partial charge is 0.269 e. The first-order valence-corrected chi connectivity index (χ1v) is 12.2. The van der Waals surface area contributed by atoms with Crippen molar-refractivity contribution in [1.29, 1.82) is 5.26 Å². The molecule has 0 saturated carbocycles. The second-order valence-electron chi connectivity index (χ2n) is 8.50. The van der Waals surface area contributed by atoms with Crippen molar-refractivity contribution in [1.82, 2.24) is 0 Å². The molecule has 0 atom stereocenters. The van der Waals surface area contributed by atoms with E-state index >= 15 is 0 Å². The average molecular weight is 448 g/mol. The minimum absolute atomic E-state index is 0.159. The summed E-state index contributed by atoms with van der Waals surface area (Å²) < 4.78 is 0. The molecule has 2 aromatic rings. The Morgan fingerprint density at radius 1 is 1.00 bits per heavy atom. The molecule has 1 aliphatic rings. The SMILES string of the molecule is [C-]#[N+]\C(C#N)=C1/C(=C/C=C/C=C/c2ccc(N(CCCC)CCCC)cc2)Cc2ccccc21. The summed E-state index contributed by atoms with van der Waals surface area (Å²) in [7, 11) is 0. The number of rotatable bonds is 10. The summed E-state index contributed by atoms with van der Waals surface area (Å²) in [6.07, 6.45) is 15.8. The highest BCUT2D eigenvalue weighted by Gasteiger charge is 2.23. The number of nitriles is 1. The van der Waals surface area contributed by atoms with E-state index < -0.39 is 0 Å². The lowest BCUT2D eigenvalue weighted by Gasteiger charge is -2.24. The number of hydrogen-bond acceptors (Lipinski definition) is 2. The number of fused-ring (bicyclic) bond motifs is 1. The van der Waals surface area contributed by atoms with Crippen LogP contribution in [0.15, 0.2) is 84.1 Å². The maximum atomic E-state index is 9.42. The van der Waals surface area contributed by atoms with E-state index in [-0.39, 0.29) is 5.70 Å². The van der Waals surface area contributed by atoms with Gasteiger partial charge in [-0.15, -0.1) is 0 Å². The third-order valence-corrected chi connectivity index (χ3v) is 6.07. The predicted octanol–water partition coefficient (Wildman–Crippen LogP) is 8.00. The Labute approximate surface area is 204 Å². The monoisotopic (exact) mass is 447 g/mol. The molecular formula is C31H33N3. The zero-order valence-electron chi connectivity index (χ0n) is 20.3. The Bertz CT molecular complexity index is 1140. The van der Waals surface area contributed by atoms with E-state index in [1.807, 2.05) is 42.5 Å². The molecule has 0 fully saturated rings. The molecule has 0 amide bonds. The van der Waals surface area contributed by atoms with Crippen molar-refractivity contribution in [3.8, 4) is 6.07 Å². The molecule has 34 heavy (non-hydrogen) atoms. The average Bonchev–Trinajstić information content (AvgIpc) is 3.23. The predicted molar refractivity (Wildman–Crippen MR) is 144 cm³/mol. The lowest BCUT2D eigenvalue weighted by atomic mass is 10.0. The summed E-state index contributed by atoms with van der Waals surface area (Å²) in [5, 5.41) is 9.42. The minimum Gasteiger partial charge on any atom is -0.372 e. The molecule has 172 valence electrons. The van der Waals surface area contributed by atoms with E-state index in [2.05, 4.69) is 66.1 Å². The van der Waals surface area contributed by atoms with Gasteiger partial charge in [0.1, 0.15) is 0 Å². The second kappa shape index (κ2) is 13.0. The van der Waals surface area contributed by atoms with Crippen molar-refractivity contribution < 1.29 is 0 Å². The van der Waals surface area contributed by atoms with Crippen molar-refractivity contribution in [3.05, 3.63) is 112 Å². The van der Waals surface area contributed by atoms with Crippen LogP contribution in [0.4, 0.5) is 5.69 Å². The topological polar surface area (TPSA) is 31.4 Å². The largest absolute Gasteiger partial charge is 0.372 e. The molecule has 0 spiro atoms. The fourth-order valence-corrected chi connectivity index (χ4v) is 4.21. The minimum atomic E-state index is 0.159. The van der Waals surface area contributed by atoms with E-state index in [0.29, 0.717) is 0 Å². The molecule has 2 aromatic carbocycles. The quantitative estimate of drug-likeness (QED) is 0.210. The Morgan fingerprint density at radius 3 is 2.35 bits per heavy atom. The first-order chi connectivity index (χ1) is 16.7. The molecule has 0 aliphatic heterocycles. The van der Waals surface area contributed by atoms with Crippen LogP contribution in [-0.4, -0.2) is 13.1 Å². The molecule has 3 rings (SSSR count). The number of allylic oxidation sites excluding steroid dienone is 7. The van der Waals surface area contributed by atoms with Gasteiger partial charge < -0.3 is 4.90 Å². The van der Waals surface area contributed by atoms with Gasteiger partial charge in [-0.25, -0.2) is 10.1 Å². The van der Waals surface area contributed by atoms with Gasteiger partial charge in [0.15, 0.2) is 0 Å². The van der Waals surface area contributed by atoms with Gasteiger partial charge in [0, 0.05) is 24.4 Å². The Balaban J connectivity index is 1.69. The molecule has 0 saturated heterocycles. The molecule has 3 nitrogen and oxygen atoms in total. The molecule has 3 heteroatoms. The zero-order valence-corrected chi connectivity index (χ0v) is 20.3. The first-order valence-electron chi connectivity index (χ1n) is 12.2. The molecule has 1 aliphatic carbocycles. The van der Waals surface area contributed by atoms with Crippen LogP contribution in [0.2, 0.25) is 0 Å². The summed E-state index contributed by atoms with van der Waals surface area (Å²) >= 11 is 0. The van der Waals surface area contributed by atoms with E-state index in [1.165, 1.54) is 36.9 Å². The fourth-order valence-electron chi connectivity index (χ4n) is 4.21. The maximum absolute atomic E-state index is 9.42. The van der Waals surface area contributed by atoms with Gasteiger partial charge in [-0.3, -0.25) is 0 Å². The first kappa shape index (κ1) is 24.8. The Hall–Kier alpha value is -3.82. The van der Waals surface area contributed by atoms with Crippen LogP contribution in [0.25, 0.3) is 16.5 Å². The maximum Gasteiger partial charge on any atom is 0.269 e. The number of nitrogens with zero attached hydrogens (tertiary/aromatic N) is 3. The van der Waals surface area contributed by atoms with Crippen LogP contribution < -0.4 is 4.90 Å². The molecule has 0 aromatic heterocycles. The zero-order chi connectivity index (χ0) is 24.2. The van der Waals surface area contributed by atoms with Crippen molar-refractivity contribution in [2.45, 2.75) is 46.0 Å². The molecule has 0 N–H and O–H groups in total. The number of benzene rings is 2. The lowest BCUT2D eigenvalue weighted by Crippen LogP contribution is -2.25. The van der Waals surface area contributed by atoms with Crippen LogP contribution in [-0.2, 0) is 6.42 Å². The Kier molecular flexibility index (Phi) is 9.51. The fraction of sp³-hybridized carbons (Fsp3) is 0.290. The lowest BCUT2D eigenvalue weighted by molar-refractivity contribution is 0.678. The molecular weight excluding hydrogens is 414 g/mol. The van der Waals surface area contributed by atoms with Crippen molar-refractivity contribution in [2.75, 3.05) is 18.0 Å².